The lowest BCUT2D eigenvalue weighted by Crippen LogP contribution is -2.38. The van der Waals surface area contributed by atoms with Gasteiger partial charge in [-0.15, -0.1) is 11.3 Å². The molecule has 1 amide bonds. The number of carbonyl (C=O) groups is 1. The summed E-state index contributed by atoms with van der Waals surface area (Å²) in [6.45, 7) is 4.24. The zero-order chi connectivity index (χ0) is 16.1. The number of rotatable bonds is 1. The Morgan fingerprint density at radius 2 is 2.13 bits per heavy atom. The molecule has 1 aliphatic heterocycles. The van der Waals surface area contributed by atoms with Crippen molar-refractivity contribution in [2.75, 3.05) is 5.32 Å². The maximum absolute atomic E-state index is 12.7. The second-order valence-electron chi connectivity index (χ2n) is 6.67. The van der Waals surface area contributed by atoms with Crippen LogP contribution in [0.3, 0.4) is 0 Å². The minimum atomic E-state index is -0.382. The highest BCUT2D eigenvalue weighted by atomic mass is 32.1. The van der Waals surface area contributed by atoms with E-state index in [1.54, 1.807) is 17.4 Å². The molecule has 4 nitrogen and oxygen atoms in total. The van der Waals surface area contributed by atoms with Gasteiger partial charge in [-0.3, -0.25) is 4.79 Å². The topological polar surface area (TPSA) is 61.4 Å². The fourth-order valence-corrected chi connectivity index (χ4v) is 4.96. The Hall–Kier alpha value is -2.01. The van der Waals surface area contributed by atoms with Gasteiger partial charge >= 0.3 is 0 Å². The summed E-state index contributed by atoms with van der Waals surface area (Å²) in [6, 6.07) is 5.45. The zero-order valence-corrected chi connectivity index (χ0v) is 14.1. The molecule has 0 spiro atoms. The van der Waals surface area contributed by atoms with E-state index >= 15 is 0 Å². The summed E-state index contributed by atoms with van der Waals surface area (Å²) in [7, 11) is 0. The number of amides is 1. The number of anilines is 1. The molecule has 0 unspecified atom stereocenters. The van der Waals surface area contributed by atoms with Crippen LogP contribution in [0.15, 0.2) is 18.2 Å². The van der Waals surface area contributed by atoms with Crippen LogP contribution in [0.5, 0.6) is 5.75 Å². The second kappa shape index (κ2) is 5.27. The predicted molar refractivity (Wildman–Crippen MR) is 92.2 cm³/mol. The smallest absolute Gasteiger partial charge is 0.256 e. The van der Waals surface area contributed by atoms with Crippen molar-refractivity contribution in [1.82, 2.24) is 5.32 Å². The van der Waals surface area contributed by atoms with Crippen molar-refractivity contribution in [3.05, 3.63) is 45.3 Å². The van der Waals surface area contributed by atoms with Gasteiger partial charge in [0.05, 0.1) is 5.56 Å². The van der Waals surface area contributed by atoms with Crippen molar-refractivity contribution < 1.29 is 9.90 Å². The van der Waals surface area contributed by atoms with E-state index in [4.69, 9.17) is 0 Å². The predicted octanol–water partition coefficient (Wildman–Crippen LogP) is 3.74. The Morgan fingerprint density at radius 1 is 1.30 bits per heavy atom. The molecule has 3 N–H and O–H groups in total. The number of benzene rings is 1. The van der Waals surface area contributed by atoms with Gasteiger partial charge in [0.25, 0.3) is 5.91 Å². The number of phenolic OH excluding ortho intramolecular Hbond substituents is 1. The van der Waals surface area contributed by atoms with Crippen LogP contribution < -0.4 is 10.6 Å². The van der Waals surface area contributed by atoms with Gasteiger partial charge in [-0.1, -0.05) is 18.6 Å². The van der Waals surface area contributed by atoms with Gasteiger partial charge in [0.15, 0.2) is 0 Å². The lowest BCUT2D eigenvalue weighted by atomic mass is 9.88. The Balaban J connectivity index is 1.73. The number of fused-ring (bicyclic) bond motifs is 3. The molecule has 1 aromatic heterocycles. The third-order valence-electron chi connectivity index (χ3n) is 4.78. The maximum atomic E-state index is 12.7. The molecule has 5 heteroatoms. The molecule has 4 rings (SSSR count). The first kappa shape index (κ1) is 14.6. The van der Waals surface area contributed by atoms with Crippen LogP contribution in [0.4, 0.5) is 5.00 Å². The Labute approximate surface area is 139 Å². The summed E-state index contributed by atoms with van der Waals surface area (Å²) < 4.78 is 0. The summed E-state index contributed by atoms with van der Waals surface area (Å²) in [6.07, 6.45) is 2.80. The van der Waals surface area contributed by atoms with Crippen LogP contribution >= 0.6 is 11.3 Å². The summed E-state index contributed by atoms with van der Waals surface area (Å²) in [5, 5.41) is 17.5. The van der Waals surface area contributed by atoms with Crippen molar-refractivity contribution in [2.45, 2.75) is 39.3 Å². The molecule has 0 radical (unpaired) electrons. The molecule has 1 aromatic carbocycles. The number of aryl methyl sites for hydroxylation is 1. The SMILES string of the molecule is Cc1ccc(O)c([C@H]2NC(=O)c3c(sc4c3CC[C@H](C)C4)N2)c1. The molecule has 2 aromatic rings. The first-order chi connectivity index (χ1) is 11.0. The molecule has 0 saturated carbocycles. The highest BCUT2D eigenvalue weighted by Gasteiger charge is 2.33. The van der Waals surface area contributed by atoms with Gasteiger partial charge < -0.3 is 15.7 Å². The summed E-state index contributed by atoms with van der Waals surface area (Å²) >= 11 is 1.70. The fourth-order valence-electron chi connectivity index (χ4n) is 3.52. The number of hydrogen-bond donors (Lipinski definition) is 3. The molecule has 0 saturated heterocycles. The normalized spacial score (nSPS) is 22.8. The van der Waals surface area contributed by atoms with Gasteiger partial charge in [0, 0.05) is 10.4 Å². The number of hydrogen-bond acceptors (Lipinski definition) is 4. The van der Waals surface area contributed by atoms with Gasteiger partial charge in [-0.05, 0) is 49.8 Å². The molecule has 1 aliphatic carbocycles. The quantitative estimate of drug-likeness (QED) is 0.747. The zero-order valence-electron chi connectivity index (χ0n) is 13.3. The standard InChI is InChI=1S/C18H20N2O2S/c1-9-4-6-13(21)12(7-9)16-19-17(22)15-11-5-3-10(2)8-14(11)23-18(15)20-16/h4,6-7,10,16,20-21H,3,5,8H2,1-2H3,(H,19,22)/t10-,16-/m0/s1. The lowest BCUT2D eigenvalue weighted by molar-refractivity contribution is 0.0935. The summed E-state index contributed by atoms with van der Waals surface area (Å²) in [5.41, 5.74) is 3.81. The van der Waals surface area contributed by atoms with E-state index in [0.29, 0.717) is 11.5 Å². The number of thiophene rings is 1. The Bertz CT molecular complexity index is 797. The van der Waals surface area contributed by atoms with Crippen molar-refractivity contribution in [1.29, 1.82) is 0 Å². The first-order valence-corrected chi connectivity index (χ1v) is 8.86. The van der Waals surface area contributed by atoms with Crippen molar-refractivity contribution in [3.8, 4) is 5.75 Å². The van der Waals surface area contributed by atoms with Crippen LogP contribution in [-0.4, -0.2) is 11.0 Å². The monoisotopic (exact) mass is 328 g/mol. The van der Waals surface area contributed by atoms with Crippen molar-refractivity contribution in [3.63, 3.8) is 0 Å². The van der Waals surface area contributed by atoms with Crippen molar-refractivity contribution >= 4 is 22.2 Å². The van der Waals surface area contributed by atoms with E-state index in [0.717, 1.165) is 35.4 Å². The van der Waals surface area contributed by atoms with Gasteiger partial charge in [-0.2, -0.15) is 0 Å². The average molecular weight is 328 g/mol. The molecule has 2 heterocycles. The first-order valence-electron chi connectivity index (χ1n) is 8.04. The summed E-state index contributed by atoms with van der Waals surface area (Å²) in [5.74, 6) is 0.853. The molecule has 23 heavy (non-hydrogen) atoms. The lowest BCUT2D eigenvalue weighted by Gasteiger charge is -2.27. The van der Waals surface area contributed by atoms with Gasteiger partial charge in [0.1, 0.15) is 16.9 Å². The van der Waals surface area contributed by atoms with Gasteiger partial charge in [0.2, 0.25) is 0 Å². The third-order valence-corrected chi connectivity index (χ3v) is 5.97. The molecule has 120 valence electrons. The van der Waals surface area contributed by atoms with Gasteiger partial charge in [-0.25, -0.2) is 0 Å². The van der Waals surface area contributed by atoms with E-state index < -0.39 is 0 Å². The van der Waals surface area contributed by atoms with E-state index in [9.17, 15) is 9.90 Å². The largest absolute Gasteiger partial charge is 0.508 e. The second-order valence-corrected chi connectivity index (χ2v) is 7.77. The van der Waals surface area contributed by atoms with E-state index in [1.165, 1.54) is 10.4 Å². The number of aromatic hydroxyl groups is 1. The Kier molecular flexibility index (Phi) is 3.34. The van der Waals surface area contributed by atoms with Crippen LogP contribution in [-0.2, 0) is 12.8 Å². The number of carbonyl (C=O) groups excluding carboxylic acids is 1. The molecule has 2 aliphatic rings. The minimum Gasteiger partial charge on any atom is -0.508 e. The van der Waals surface area contributed by atoms with Crippen LogP contribution in [0.1, 0.15) is 51.4 Å². The van der Waals surface area contributed by atoms with Crippen molar-refractivity contribution in [2.24, 2.45) is 5.92 Å². The minimum absolute atomic E-state index is 0.0308. The van der Waals surface area contributed by atoms with Crippen LogP contribution in [0.25, 0.3) is 0 Å². The molecule has 2 atom stereocenters. The molecule has 0 fully saturated rings. The highest BCUT2D eigenvalue weighted by molar-refractivity contribution is 7.16. The molecular weight excluding hydrogens is 308 g/mol. The summed E-state index contributed by atoms with van der Waals surface area (Å²) in [4.78, 5) is 14.0. The highest BCUT2D eigenvalue weighted by Crippen LogP contribution is 2.43. The van der Waals surface area contributed by atoms with E-state index in [1.807, 2.05) is 19.1 Å². The van der Waals surface area contributed by atoms with E-state index in [-0.39, 0.29) is 17.8 Å². The average Bonchev–Trinajstić information content (AvgIpc) is 2.87. The fraction of sp³-hybridized carbons (Fsp3) is 0.389. The Morgan fingerprint density at radius 3 is 2.96 bits per heavy atom. The molecule has 0 bridgehead atoms. The maximum Gasteiger partial charge on any atom is 0.256 e. The third kappa shape index (κ3) is 2.39. The number of phenols is 1. The molecular formula is C18H20N2O2S. The van der Waals surface area contributed by atoms with Crippen LogP contribution in [0.2, 0.25) is 0 Å². The van der Waals surface area contributed by atoms with Crippen LogP contribution in [0, 0.1) is 12.8 Å². The van der Waals surface area contributed by atoms with E-state index in [2.05, 4.69) is 17.6 Å². The number of nitrogens with one attached hydrogen (secondary N) is 2.